The van der Waals surface area contributed by atoms with Gasteiger partial charge in [-0.15, -0.1) is 0 Å². The van der Waals surface area contributed by atoms with Gasteiger partial charge in [-0.1, -0.05) is 12.1 Å². The molecule has 7 nitrogen and oxygen atoms in total. The van der Waals surface area contributed by atoms with Gasteiger partial charge in [0.2, 0.25) is 5.91 Å². The van der Waals surface area contributed by atoms with Gasteiger partial charge in [-0.3, -0.25) is 18.0 Å². The Labute approximate surface area is 148 Å². The molecule has 1 aromatic carbocycles. The second-order valence-corrected chi connectivity index (χ2v) is 7.05. The van der Waals surface area contributed by atoms with Crippen molar-refractivity contribution in [3.63, 3.8) is 0 Å². The largest absolute Gasteiger partial charge is 0.458 e. The molecule has 1 unspecified atom stereocenters. The highest BCUT2D eigenvalue weighted by Crippen LogP contribution is 2.20. The van der Waals surface area contributed by atoms with E-state index in [9.17, 15) is 19.7 Å². The van der Waals surface area contributed by atoms with Gasteiger partial charge in [0.15, 0.2) is 0 Å². The number of nitro benzene ring substituents is 1. The van der Waals surface area contributed by atoms with Crippen LogP contribution < -0.4 is 0 Å². The number of carbonyl (C=O) groups is 2. The van der Waals surface area contributed by atoms with Gasteiger partial charge in [0, 0.05) is 25.5 Å². The molecule has 0 bridgehead atoms. The van der Waals surface area contributed by atoms with E-state index < -0.39 is 22.5 Å². The molecule has 0 aliphatic heterocycles. The summed E-state index contributed by atoms with van der Waals surface area (Å²) < 4.78 is 6.64. The first-order valence-corrected chi connectivity index (χ1v) is 7.89. The molecule has 0 radical (unpaired) electrons. The lowest BCUT2D eigenvalue weighted by Crippen LogP contribution is -2.43. The van der Waals surface area contributed by atoms with Crippen LogP contribution in [0, 0.1) is 10.1 Å². The topological polar surface area (TPSA) is 89.8 Å². The highest BCUT2D eigenvalue weighted by Gasteiger charge is 2.31. The van der Waals surface area contributed by atoms with Crippen molar-refractivity contribution < 1.29 is 19.2 Å². The number of amides is 1. The average Bonchev–Trinajstić information content (AvgIpc) is 2.42. The molecule has 1 amide bonds. The van der Waals surface area contributed by atoms with Crippen molar-refractivity contribution in [1.82, 2.24) is 3.11 Å². The van der Waals surface area contributed by atoms with Crippen molar-refractivity contribution in [2.24, 2.45) is 0 Å². The van der Waals surface area contributed by atoms with Crippen molar-refractivity contribution in [2.75, 3.05) is 0 Å². The van der Waals surface area contributed by atoms with Crippen LogP contribution in [-0.2, 0) is 20.7 Å². The number of ether oxygens (including phenoxy) is 1. The summed E-state index contributed by atoms with van der Waals surface area (Å²) in [5, 5.41) is 10.7. The Morgan fingerprint density at radius 2 is 1.83 bits per heavy atom. The van der Waals surface area contributed by atoms with E-state index in [-0.39, 0.29) is 18.0 Å². The Balaban J connectivity index is 2.98. The lowest BCUT2D eigenvalue weighted by atomic mass is 10.0. The fourth-order valence-electron chi connectivity index (χ4n) is 1.82. The fraction of sp³-hybridized carbons (Fsp3) is 0.467. The third-order valence-corrected chi connectivity index (χ3v) is 4.18. The first kappa shape index (κ1) is 19.3. The molecule has 1 atom stereocenters. The van der Waals surface area contributed by atoms with Crippen molar-refractivity contribution in [3.05, 3.63) is 39.9 Å². The second kappa shape index (κ2) is 7.71. The summed E-state index contributed by atoms with van der Waals surface area (Å²) in [6, 6.07) is 5.08. The molecule has 0 saturated carbocycles. The van der Waals surface area contributed by atoms with Crippen molar-refractivity contribution in [1.29, 1.82) is 0 Å². The van der Waals surface area contributed by atoms with Crippen molar-refractivity contribution in [3.8, 4) is 0 Å². The smallest absolute Gasteiger partial charge is 0.330 e. The molecular formula is C15H19IN2O5. The lowest BCUT2D eigenvalue weighted by Gasteiger charge is -2.28. The van der Waals surface area contributed by atoms with Crippen LogP contribution in [0.5, 0.6) is 0 Å². The standard InChI is InChI=1S/C15H19IN2O5/c1-10(19)17(16)13(14(20)23-15(2,3)4)9-11-5-7-12(8-6-11)18(21)22/h5-8,13H,9H2,1-4H3. The van der Waals surface area contributed by atoms with Gasteiger partial charge < -0.3 is 4.74 Å². The summed E-state index contributed by atoms with van der Waals surface area (Å²) in [4.78, 5) is 34.1. The van der Waals surface area contributed by atoms with Gasteiger partial charge in [0.25, 0.3) is 5.69 Å². The maximum atomic E-state index is 12.4. The lowest BCUT2D eigenvalue weighted by molar-refractivity contribution is -0.384. The first-order chi connectivity index (χ1) is 10.5. The number of carbonyl (C=O) groups excluding carboxylic acids is 2. The minimum absolute atomic E-state index is 0.0273. The number of benzene rings is 1. The molecule has 0 saturated heterocycles. The number of hydrogen-bond acceptors (Lipinski definition) is 5. The number of non-ortho nitro benzene ring substituents is 1. The molecule has 8 heteroatoms. The molecule has 23 heavy (non-hydrogen) atoms. The van der Waals surface area contributed by atoms with E-state index in [4.69, 9.17) is 4.74 Å². The summed E-state index contributed by atoms with van der Waals surface area (Å²) in [6.45, 7) is 6.61. The molecular weight excluding hydrogens is 415 g/mol. The number of rotatable bonds is 5. The Hall–Kier alpha value is -1.71. The van der Waals surface area contributed by atoms with Crippen LogP contribution in [-0.4, -0.2) is 31.6 Å². The maximum Gasteiger partial charge on any atom is 0.330 e. The van der Waals surface area contributed by atoms with Gasteiger partial charge in [0.05, 0.1) is 27.8 Å². The predicted molar refractivity (Wildman–Crippen MR) is 93.0 cm³/mol. The zero-order valence-corrected chi connectivity index (χ0v) is 15.6. The Morgan fingerprint density at radius 1 is 1.30 bits per heavy atom. The van der Waals surface area contributed by atoms with Crippen LogP contribution in [0.4, 0.5) is 5.69 Å². The van der Waals surface area contributed by atoms with E-state index >= 15 is 0 Å². The van der Waals surface area contributed by atoms with Gasteiger partial charge in [-0.2, -0.15) is 0 Å². The van der Waals surface area contributed by atoms with Gasteiger partial charge >= 0.3 is 5.97 Å². The second-order valence-electron chi connectivity index (χ2n) is 6.01. The van der Waals surface area contributed by atoms with Crippen LogP contribution >= 0.6 is 22.9 Å². The third-order valence-electron chi connectivity index (χ3n) is 2.83. The third kappa shape index (κ3) is 6.12. The fourth-order valence-corrected chi connectivity index (χ4v) is 2.25. The molecule has 126 valence electrons. The van der Waals surface area contributed by atoms with E-state index in [0.717, 1.165) is 0 Å². The SMILES string of the molecule is CC(=O)N(I)C(Cc1ccc([N+](=O)[O-])cc1)C(=O)OC(C)(C)C. The summed E-state index contributed by atoms with van der Waals surface area (Å²) in [7, 11) is 0. The highest BCUT2D eigenvalue weighted by atomic mass is 127. The summed E-state index contributed by atoms with van der Waals surface area (Å²) >= 11 is 1.78. The predicted octanol–water partition coefficient (Wildman–Crippen LogP) is 3.05. The van der Waals surface area contributed by atoms with E-state index in [1.54, 1.807) is 55.8 Å². The van der Waals surface area contributed by atoms with Crippen LogP contribution in [0.2, 0.25) is 0 Å². The van der Waals surface area contributed by atoms with Crippen molar-refractivity contribution >= 4 is 40.4 Å². The minimum Gasteiger partial charge on any atom is -0.458 e. The molecule has 0 spiro atoms. The highest BCUT2D eigenvalue weighted by molar-refractivity contribution is 14.1. The van der Waals surface area contributed by atoms with E-state index in [2.05, 4.69) is 0 Å². The number of hydrogen-bond donors (Lipinski definition) is 0. The van der Waals surface area contributed by atoms with Crippen LogP contribution in [0.15, 0.2) is 24.3 Å². The van der Waals surface area contributed by atoms with Crippen molar-refractivity contribution in [2.45, 2.75) is 45.8 Å². The zero-order chi connectivity index (χ0) is 17.8. The van der Waals surface area contributed by atoms with Gasteiger partial charge in [0.1, 0.15) is 11.6 Å². The Kier molecular flexibility index (Phi) is 6.48. The normalized spacial score (nSPS) is 12.4. The Bertz CT molecular complexity index is 595. The monoisotopic (exact) mass is 434 g/mol. The molecule has 1 rings (SSSR count). The molecule has 0 fully saturated rings. The van der Waals surface area contributed by atoms with Gasteiger partial charge in [-0.05, 0) is 26.3 Å². The number of esters is 1. The van der Waals surface area contributed by atoms with E-state index in [1.807, 2.05) is 0 Å². The summed E-state index contributed by atoms with van der Waals surface area (Å²) in [5.74, 6) is -0.788. The molecule has 0 aliphatic carbocycles. The Morgan fingerprint density at radius 3 is 2.22 bits per heavy atom. The number of nitro groups is 1. The first-order valence-electron chi connectivity index (χ1n) is 6.93. The van der Waals surface area contributed by atoms with Crippen LogP contribution in [0.25, 0.3) is 0 Å². The van der Waals surface area contributed by atoms with Crippen LogP contribution in [0.3, 0.4) is 0 Å². The number of nitrogens with zero attached hydrogens (tertiary/aromatic N) is 2. The molecule has 0 aliphatic rings. The zero-order valence-electron chi connectivity index (χ0n) is 13.4. The minimum atomic E-state index is -0.797. The molecule has 0 aromatic heterocycles. The maximum absolute atomic E-state index is 12.4. The van der Waals surface area contributed by atoms with Gasteiger partial charge in [-0.25, -0.2) is 4.79 Å². The average molecular weight is 434 g/mol. The summed E-state index contributed by atoms with van der Waals surface area (Å²) in [5.41, 5.74) is 0.00820. The van der Waals surface area contributed by atoms with Crippen LogP contribution in [0.1, 0.15) is 33.3 Å². The van der Waals surface area contributed by atoms with E-state index in [1.165, 1.54) is 22.2 Å². The molecule has 0 heterocycles. The molecule has 0 N–H and O–H groups in total. The van der Waals surface area contributed by atoms with E-state index in [0.29, 0.717) is 5.56 Å². The number of halogens is 1. The summed E-state index contributed by atoms with van der Waals surface area (Å²) in [6.07, 6.45) is 0.218. The quantitative estimate of drug-likeness (QED) is 0.234. The molecule has 1 aromatic rings.